The van der Waals surface area contributed by atoms with Gasteiger partial charge in [0.15, 0.2) is 0 Å². The Kier molecular flexibility index (Phi) is 7.34. The highest BCUT2D eigenvalue weighted by Crippen LogP contribution is 2.19. The molecule has 1 amide bonds. The van der Waals surface area contributed by atoms with Crippen LogP contribution in [0.2, 0.25) is 0 Å². The molecule has 0 saturated carbocycles. The fourth-order valence-corrected chi connectivity index (χ4v) is 2.01. The topological polar surface area (TPSA) is 64.3 Å². The smallest absolute Gasteiger partial charge is 0.251 e. The van der Waals surface area contributed by atoms with Crippen molar-refractivity contribution in [3.8, 4) is 17.6 Å². The van der Waals surface area contributed by atoms with Crippen molar-refractivity contribution < 1.29 is 9.53 Å². The quantitative estimate of drug-likeness (QED) is 0.789. The number of carbonyl (C=O) groups excluding carboxylic acids is 1. The maximum Gasteiger partial charge on any atom is 0.251 e. The molecule has 0 aromatic heterocycles. The van der Waals surface area contributed by atoms with E-state index in [1.807, 2.05) is 0 Å². The standard InChI is InChI=1S/C17H24N2O2/c1-4-13(5-2)12-19-17(20)15-8-9-16(21-3)14(11-15)7-6-10-18/h8-9,11,13H,4-5,10,12,18H2,1-3H3,(H,19,20). The predicted octanol–water partition coefficient (Wildman–Crippen LogP) is 2.17. The summed E-state index contributed by atoms with van der Waals surface area (Å²) in [6.45, 7) is 5.23. The second-order valence-corrected chi connectivity index (χ2v) is 4.81. The Morgan fingerprint density at radius 3 is 2.67 bits per heavy atom. The molecule has 0 aliphatic heterocycles. The summed E-state index contributed by atoms with van der Waals surface area (Å²) in [6.07, 6.45) is 2.12. The van der Waals surface area contributed by atoms with Gasteiger partial charge >= 0.3 is 0 Å². The van der Waals surface area contributed by atoms with Crippen LogP contribution in [0.15, 0.2) is 18.2 Å². The summed E-state index contributed by atoms with van der Waals surface area (Å²) < 4.78 is 5.24. The van der Waals surface area contributed by atoms with Crippen molar-refractivity contribution in [2.24, 2.45) is 11.7 Å². The zero-order valence-corrected chi connectivity index (χ0v) is 13.0. The van der Waals surface area contributed by atoms with Crippen molar-refractivity contribution in [3.05, 3.63) is 29.3 Å². The van der Waals surface area contributed by atoms with Gasteiger partial charge in [-0.05, 0) is 24.1 Å². The third kappa shape index (κ3) is 5.13. The number of hydrogen-bond acceptors (Lipinski definition) is 3. The highest BCUT2D eigenvalue weighted by atomic mass is 16.5. The fourth-order valence-electron chi connectivity index (χ4n) is 2.01. The van der Waals surface area contributed by atoms with Gasteiger partial charge in [0.25, 0.3) is 5.91 Å². The van der Waals surface area contributed by atoms with Gasteiger partial charge in [-0.3, -0.25) is 4.79 Å². The highest BCUT2D eigenvalue weighted by molar-refractivity contribution is 5.94. The largest absolute Gasteiger partial charge is 0.495 e. The van der Waals surface area contributed by atoms with Crippen LogP contribution in [-0.2, 0) is 0 Å². The van der Waals surface area contributed by atoms with E-state index in [9.17, 15) is 4.79 Å². The molecule has 4 nitrogen and oxygen atoms in total. The van der Waals surface area contributed by atoms with Crippen LogP contribution in [0.25, 0.3) is 0 Å². The van der Waals surface area contributed by atoms with Crippen molar-refractivity contribution in [3.63, 3.8) is 0 Å². The van der Waals surface area contributed by atoms with Crippen LogP contribution < -0.4 is 15.8 Å². The van der Waals surface area contributed by atoms with Gasteiger partial charge in [0, 0.05) is 12.1 Å². The first kappa shape index (κ1) is 17.1. The number of methoxy groups -OCH3 is 1. The van der Waals surface area contributed by atoms with Gasteiger partial charge in [-0.25, -0.2) is 0 Å². The fraction of sp³-hybridized carbons (Fsp3) is 0.471. The molecule has 0 aliphatic rings. The Morgan fingerprint density at radius 2 is 2.10 bits per heavy atom. The molecule has 0 saturated heterocycles. The molecule has 114 valence electrons. The molecule has 1 aromatic rings. The molecule has 1 aromatic carbocycles. The van der Waals surface area contributed by atoms with E-state index in [2.05, 4.69) is 31.0 Å². The molecule has 0 fully saturated rings. The van der Waals surface area contributed by atoms with Crippen molar-refractivity contribution in [2.45, 2.75) is 26.7 Å². The molecular weight excluding hydrogens is 264 g/mol. The lowest BCUT2D eigenvalue weighted by Crippen LogP contribution is -2.28. The van der Waals surface area contributed by atoms with Crippen molar-refractivity contribution in [1.82, 2.24) is 5.32 Å². The molecule has 4 heteroatoms. The molecule has 3 N–H and O–H groups in total. The van der Waals surface area contributed by atoms with E-state index >= 15 is 0 Å². The summed E-state index contributed by atoms with van der Waals surface area (Å²) in [5, 5.41) is 2.97. The predicted molar refractivity (Wildman–Crippen MR) is 85.3 cm³/mol. The van der Waals surface area contributed by atoms with E-state index < -0.39 is 0 Å². The van der Waals surface area contributed by atoms with Gasteiger partial charge < -0.3 is 15.8 Å². The summed E-state index contributed by atoms with van der Waals surface area (Å²) in [5.74, 6) is 6.79. The summed E-state index contributed by atoms with van der Waals surface area (Å²) in [6, 6.07) is 5.24. The molecule has 0 spiro atoms. The van der Waals surface area contributed by atoms with Crippen molar-refractivity contribution in [2.75, 3.05) is 20.2 Å². The monoisotopic (exact) mass is 288 g/mol. The van der Waals surface area contributed by atoms with Gasteiger partial charge in [0.2, 0.25) is 0 Å². The van der Waals surface area contributed by atoms with Crippen LogP contribution >= 0.6 is 0 Å². The zero-order chi connectivity index (χ0) is 15.7. The minimum atomic E-state index is -0.0830. The molecule has 21 heavy (non-hydrogen) atoms. The van der Waals surface area contributed by atoms with Gasteiger partial charge in [-0.2, -0.15) is 0 Å². The lowest BCUT2D eigenvalue weighted by molar-refractivity contribution is 0.0946. The summed E-state index contributed by atoms with van der Waals surface area (Å²) in [7, 11) is 1.58. The summed E-state index contributed by atoms with van der Waals surface area (Å²) >= 11 is 0. The van der Waals surface area contributed by atoms with E-state index in [0.717, 1.165) is 12.8 Å². The average molecular weight is 288 g/mol. The average Bonchev–Trinajstić information content (AvgIpc) is 2.53. The maximum absolute atomic E-state index is 12.2. The number of benzene rings is 1. The Bertz CT molecular complexity index is 525. The number of ether oxygens (including phenoxy) is 1. The minimum Gasteiger partial charge on any atom is -0.495 e. The van der Waals surface area contributed by atoms with E-state index in [0.29, 0.717) is 29.3 Å². The van der Waals surface area contributed by atoms with Gasteiger partial charge in [-0.15, -0.1) is 0 Å². The van der Waals surface area contributed by atoms with Crippen LogP contribution in [0, 0.1) is 17.8 Å². The van der Waals surface area contributed by atoms with E-state index in [-0.39, 0.29) is 12.5 Å². The molecule has 1 rings (SSSR count). The second kappa shape index (κ2) is 9.04. The van der Waals surface area contributed by atoms with Gasteiger partial charge in [-0.1, -0.05) is 38.5 Å². The van der Waals surface area contributed by atoms with Crippen LogP contribution in [0.4, 0.5) is 0 Å². The third-order valence-electron chi connectivity index (χ3n) is 3.49. The first-order valence-corrected chi connectivity index (χ1v) is 7.31. The van der Waals surface area contributed by atoms with Gasteiger partial charge in [0.1, 0.15) is 5.75 Å². The first-order valence-electron chi connectivity index (χ1n) is 7.31. The molecule has 0 atom stereocenters. The number of nitrogens with two attached hydrogens (primary N) is 1. The number of nitrogens with one attached hydrogen (secondary N) is 1. The lowest BCUT2D eigenvalue weighted by Gasteiger charge is -2.13. The molecule has 0 aliphatic carbocycles. The number of amides is 1. The molecule has 0 bridgehead atoms. The second-order valence-electron chi connectivity index (χ2n) is 4.81. The van der Waals surface area contributed by atoms with Gasteiger partial charge in [0.05, 0.1) is 19.2 Å². The van der Waals surface area contributed by atoms with Crippen molar-refractivity contribution >= 4 is 5.91 Å². The molecule has 0 heterocycles. The van der Waals surface area contributed by atoms with E-state index in [4.69, 9.17) is 10.5 Å². The lowest BCUT2D eigenvalue weighted by atomic mass is 10.0. The van der Waals surface area contributed by atoms with E-state index in [1.165, 1.54) is 0 Å². The highest BCUT2D eigenvalue weighted by Gasteiger charge is 2.11. The summed E-state index contributed by atoms with van der Waals surface area (Å²) in [4.78, 5) is 12.2. The third-order valence-corrected chi connectivity index (χ3v) is 3.49. The zero-order valence-electron chi connectivity index (χ0n) is 13.0. The minimum absolute atomic E-state index is 0.0830. The number of carbonyl (C=O) groups is 1. The van der Waals surface area contributed by atoms with Crippen LogP contribution in [-0.4, -0.2) is 26.1 Å². The van der Waals surface area contributed by atoms with Crippen molar-refractivity contribution in [1.29, 1.82) is 0 Å². The number of rotatable bonds is 6. The van der Waals surface area contributed by atoms with Crippen LogP contribution in [0.3, 0.4) is 0 Å². The maximum atomic E-state index is 12.2. The SMILES string of the molecule is CCC(CC)CNC(=O)c1ccc(OC)c(C#CCN)c1. The van der Waals surface area contributed by atoms with Crippen LogP contribution in [0.5, 0.6) is 5.75 Å². The molecule has 0 radical (unpaired) electrons. The molecule has 0 unspecified atom stereocenters. The summed E-state index contributed by atoms with van der Waals surface area (Å²) in [5.41, 5.74) is 6.65. The van der Waals surface area contributed by atoms with E-state index in [1.54, 1.807) is 25.3 Å². The Morgan fingerprint density at radius 1 is 1.38 bits per heavy atom. The first-order chi connectivity index (χ1) is 10.2. The van der Waals surface area contributed by atoms with Crippen LogP contribution in [0.1, 0.15) is 42.6 Å². The molecular formula is C17H24N2O2. The Labute approximate surface area is 127 Å². The Balaban J connectivity index is 2.85. The normalized spacial score (nSPS) is 9.95. The Hall–Kier alpha value is -1.99. The number of hydrogen-bond donors (Lipinski definition) is 2.